The van der Waals surface area contributed by atoms with Crippen molar-refractivity contribution >= 4 is 34.8 Å². The van der Waals surface area contributed by atoms with Crippen LogP contribution in [0.25, 0.3) is 0 Å². The number of carbonyl (C=O) groups excluding carboxylic acids is 3. The van der Waals surface area contributed by atoms with E-state index in [2.05, 4.69) is 24.4 Å². The van der Waals surface area contributed by atoms with Crippen molar-refractivity contribution in [3.8, 4) is 0 Å². The quantitative estimate of drug-likeness (QED) is 0.211. The molecule has 3 aromatic rings. The molecule has 1 saturated carbocycles. The first kappa shape index (κ1) is 32.9. The van der Waals surface area contributed by atoms with Gasteiger partial charge in [-0.25, -0.2) is 0 Å². The summed E-state index contributed by atoms with van der Waals surface area (Å²) in [4.78, 5) is 46.4. The van der Waals surface area contributed by atoms with Gasteiger partial charge in [-0.3, -0.25) is 19.2 Å². The van der Waals surface area contributed by atoms with Crippen LogP contribution < -0.4 is 11.1 Å². The zero-order chi connectivity index (χ0) is 30.4. The summed E-state index contributed by atoms with van der Waals surface area (Å²) in [5.41, 5.74) is 8.04. The van der Waals surface area contributed by atoms with Gasteiger partial charge in [-0.05, 0) is 48.6 Å². The molecular formula is C34H42N2O5. The predicted molar refractivity (Wildman–Crippen MR) is 163 cm³/mol. The lowest BCUT2D eigenvalue weighted by Gasteiger charge is -2.25. The van der Waals surface area contributed by atoms with Crippen molar-refractivity contribution < 1.29 is 24.3 Å². The van der Waals surface area contributed by atoms with Crippen LogP contribution in [0.15, 0.2) is 91.0 Å². The zero-order valence-electron chi connectivity index (χ0n) is 24.3. The van der Waals surface area contributed by atoms with Crippen molar-refractivity contribution in [1.82, 2.24) is 0 Å². The Morgan fingerprint density at radius 2 is 1.34 bits per heavy atom. The van der Waals surface area contributed by atoms with Gasteiger partial charge in [0.05, 0.1) is 12.3 Å². The molecule has 0 aliphatic heterocycles. The molecule has 5 atom stereocenters. The third-order valence-corrected chi connectivity index (χ3v) is 7.50. The van der Waals surface area contributed by atoms with Crippen LogP contribution in [0.2, 0.25) is 0 Å². The van der Waals surface area contributed by atoms with Gasteiger partial charge in [-0.15, -0.1) is 0 Å². The number of carbonyl (C=O) groups is 4. The smallest absolute Gasteiger partial charge is 0.307 e. The number of amides is 1. The summed E-state index contributed by atoms with van der Waals surface area (Å²) >= 11 is 0. The van der Waals surface area contributed by atoms with E-state index >= 15 is 0 Å². The number of hydrogen-bond donors (Lipinski definition) is 3. The molecule has 1 aliphatic carbocycles. The fourth-order valence-electron chi connectivity index (χ4n) is 4.90. The Hall–Kier alpha value is -4.26. The molecule has 0 bridgehead atoms. The second kappa shape index (κ2) is 16.8. The van der Waals surface area contributed by atoms with Gasteiger partial charge in [0.1, 0.15) is 11.6 Å². The number of aliphatic carboxylic acids is 1. The van der Waals surface area contributed by atoms with Gasteiger partial charge in [-0.1, -0.05) is 94.4 Å². The molecule has 4 rings (SSSR count). The van der Waals surface area contributed by atoms with Crippen LogP contribution in [0, 0.1) is 23.7 Å². The fourth-order valence-corrected chi connectivity index (χ4v) is 4.90. The molecule has 0 heterocycles. The lowest BCUT2D eigenvalue weighted by Crippen LogP contribution is -2.29. The molecule has 1 amide bonds. The number of anilines is 2. The summed E-state index contributed by atoms with van der Waals surface area (Å²) < 4.78 is 0. The number of carboxylic acids is 1. The van der Waals surface area contributed by atoms with Crippen LogP contribution >= 0.6 is 0 Å². The monoisotopic (exact) mass is 558 g/mol. The molecule has 41 heavy (non-hydrogen) atoms. The molecule has 7 nitrogen and oxygen atoms in total. The van der Waals surface area contributed by atoms with Crippen molar-refractivity contribution in [3.63, 3.8) is 0 Å². The maximum atomic E-state index is 12.1. The Kier molecular flexibility index (Phi) is 13.5. The molecule has 0 saturated heterocycles. The van der Waals surface area contributed by atoms with Gasteiger partial charge in [0.15, 0.2) is 0 Å². The topological polar surface area (TPSA) is 127 Å². The summed E-state index contributed by atoms with van der Waals surface area (Å²) in [6.45, 7) is 7.24. The minimum Gasteiger partial charge on any atom is -0.481 e. The minimum absolute atomic E-state index is 0.0670. The number of benzene rings is 3. The number of rotatable bonds is 8. The highest BCUT2D eigenvalue weighted by Crippen LogP contribution is 2.40. The van der Waals surface area contributed by atoms with E-state index in [-0.39, 0.29) is 41.6 Å². The maximum Gasteiger partial charge on any atom is 0.307 e. The Labute approximate surface area is 243 Å². The van der Waals surface area contributed by atoms with Gasteiger partial charge < -0.3 is 16.2 Å². The predicted octanol–water partition coefficient (Wildman–Crippen LogP) is 6.62. The molecule has 0 aromatic heterocycles. The van der Waals surface area contributed by atoms with Crippen molar-refractivity contribution in [2.75, 3.05) is 11.1 Å². The molecule has 218 valence electrons. The van der Waals surface area contributed by atoms with Gasteiger partial charge in [0.2, 0.25) is 5.91 Å². The van der Waals surface area contributed by atoms with Crippen LogP contribution in [0.3, 0.4) is 0 Å². The van der Waals surface area contributed by atoms with Crippen LogP contribution in [0.4, 0.5) is 11.4 Å². The average molecular weight is 559 g/mol. The molecule has 0 radical (unpaired) electrons. The van der Waals surface area contributed by atoms with Gasteiger partial charge >= 0.3 is 5.97 Å². The van der Waals surface area contributed by atoms with Crippen molar-refractivity contribution in [1.29, 1.82) is 0 Å². The highest BCUT2D eigenvalue weighted by Gasteiger charge is 2.44. The molecule has 5 unspecified atom stereocenters. The normalized spacial score (nSPS) is 18.0. The number of ketones is 2. The summed E-state index contributed by atoms with van der Waals surface area (Å²) in [6.07, 6.45) is 1.83. The van der Waals surface area contributed by atoms with E-state index in [0.29, 0.717) is 5.69 Å². The Morgan fingerprint density at radius 3 is 1.78 bits per heavy atom. The second-order valence-corrected chi connectivity index (χ2v) is 10.3. The fraction of sp³-hybridized carbons (Fsp3) is 0.353. The number of nitrogens with one attached hydrogen (secondary N) is 1. The third-order valence-electron chi connectivity index (χ3n) is 7.50. The second-order valence-electron chi connectivity index (χ2n) is 10.3. The summed E-state index contributed by atoms with van der Waals surface area (Å²) in [7, 11) is 0. The number of Topliss-reactive ketones (excluding diaryl/α,β-unsaturated/α-hetero) is 2. The molecule has 0 spiro atoms. The molecule has 1 aliphatic rings. The van der Waals surface area contributed by atoms with Gasteiger partial charge in [0, 0.05) is 29.1 Å². The maximum absolute atomic E-state index is 12.1. The Bertz CT molecular complexity index is 1250. The number of hydrogen-bond acceptors (Lipinski definition) is 5. The summed E-state index contributed by atoms with van der Waals surface area (Å²) in [5.74, 6) is -2.18. The van der Waals surface area contributed by atoms with Crippen LogP contribution in [0.5, 0.6) is 0 Å². The lowest BCUT2D eigenvalue weighted by molar-refractivity contribution is -0.145. The molecule has 3 aromatic carbocycles. The van der Waals surface area contributed by atoms with E-state index in [0.717, 1.165) is 18.5 Å². The number of carboxylic acid groups (broad SMARTS) is 1. The number of nitrogen functional groups attached to an aromatic ring is 1. The van der Waals surface area contributed by atoms with Gasteiger partial charge in [0.25, 0.3) is 0 Å². The Balaban J connectivity index is 0.000000234. The van der Waals surface area contributed by atoms with Gasteiger partial charge in [-0.2, -0.15) is 0 Å². The first-order valence-corrected chi connectivity index (χ1v) is 14.1. The largest absolute Gasteiger partial charge is 0.481 e. The SMILES string of the molecule is CC(C(=O)O)C(C)C(=O)Nc1ccccc1.CCC1C(=O)CC(=O)C1C(CC)c1ccccc1.Nc1ccccc1. The van der Waals surface area contributed by atoms with E-state index < -0.39 is 17.8 Å². The summed E-state index contributed by atoms with van der Waals surface area (Å²) in [5, 5.41) is 11.5. The van der Waals surface area contributed by atoms with E-state index in [9.17, 15) is 19.2 Å². The van der Waals surface area contributed by atoms with Crippen molar-refractivity contribution in [2.45, 2.75) is 52.9 Å². The molecular weight excluding hydrogens is 516 g/mol. The third kappa shape index (κ3) is 10.0. The van der Waals surface area contributed by atoms with Crippen molar-refractivity contribution in [2.24, 2.45) is 23.7 Å². The van der Waals surface area contributed by atoms with E-state index in [1.54, 1.807) is 31.2 Å². The molecule has 4 N–H and O–H groups in total. The first-order valence-electron chi connectivity index (χ1n) is 14.1. The summed E-state index contributed by atoms with van der Waals surface area (Å²) in [6, 6.07) is 28.6. The average Bonchev–Trinajstić information content (AvgIpc) is 3.27. The van der Waals surface area contributed by atoms with Crippen LogP contribution in [-0.2, 0) is 19.2 Å². The molecule has 7 heteroatoms. The Morgan fingerprint density at radius 1 is 0.829 bits per heavy atom. The zero-order valence-corrected chi connectivity index (χ0v) is 24.3. The highest BCUT2D eigenvalue weighted by atomic mass is 16.4. The van der Waals surface area contributed by atoms with E-state index in [1.807, 2.05) is 61.5 Å². The first-order chi connectivity index (χ1) is 19.6. The van der Waals surface area contributed by atoms with Crippen molar-refractivity contribution in [3.05, 3.63) is 96.6 Å². The standard InChI is InChI=1S/C16H20O2.C12H15NO3.C6H7N/c1-3-12(11-8-6-5-7-9-11)16-13(4-2)14(17)10-15(16)18;1-8(9(2)12(15)16)11(14)13-10-6-4-3-5-7-10;7-6-4-2-1-3-5-6/h5-9,12-13,16H,3-4,10H2,1-2H3;3-9H,1-2H3,(H,13,14)(H,15,16);1-5H,7H2. The highest BCUT2D eigenvalue weighted by molar-refractivity contribution is 6.08. The van der Waals surface area contributed by atoms with E-state index in [1.165, 1.54) is 12.5 Å². The van der Waals surface area contributed by atoms with E-state index in [4.69, 9.17) is 10.8 Å². The number of nitrogens with two attached hydrogens (primary N) is 1. The lowest BCUT2D eigenvalue weighted by atomic mass is 9.77. The van der Waals surface area contributed by atoms with Crippen LogP contribution in [0.1, 0.15) is 58.4 Å². The van der Waals surface area contributed by atoms with Crippen LogP contribution in [-0.4, -0.2) is 28.5 Å². The number of para-hydroxylation sites is 2. The molecule has 1 fully saturated rings. The minimum atomic E-state index is -0.962.